The molecule has 0 saturated carbocycles. The third-order valence-electron chi connectivity index (χ3n) is 3.50. The van der Waals surface area contributed by atoms with Gasteiger partial charge in [-0.25, -0.2) is 0 Å². The molecule has 2 rings (SSSR count). The largest absolute Gasteiger partial charge is 0.345 e. The zero-order valence-electron chi connectivity index (χ0n) is 12.8. The number of rotatable bonds is 6. The van der Waals surface area contributed by atoms with Gasteiger partial charge in [-0.3, -0.25) is 19.6 Å². The number of benzene rings is 1. The minimum atomic E-state index is -0.554. The second kappa shape index (κ2) is 7.23. The second-order valence-electron chi connectivity index (χ2n) is 4.98. The molecule has 1 N–H and O–H groups in total. The molecule has 1 amide bonds. The van der Waals surface area contributed by atoms with Gasteiger partial charge in [0.15, 0.2) is 0 Å². The molecule has 1 aromatic carbocycles. The first kappa shape index (κ1) is 17.0. The van der Waals surface area contributed by atoms with Crippen LogP contribution in [0.3, 0.4) is 0 Å². The third kappa shape index (κ3) is 3.87. The van der Waals surface area contributed by atoms with Gasteiger partial charge in [0.2, 0.25) is 0 Å². The van der Waals surface area contributed by atoms with Gasteiger partial charge in [0, 0.05) is 30.4 Å². The van der Waals surface area contributed by atoms with E-state index in [4.69, 9.17) is 11.6 Å². The lowest BCUT2D eigenvalue weighted by molar-refractivity contribution is -0.384. The van der Waals surface area contributed by atoms with Crippen molar-refractivity contribution < 1.29 is 9.72 Å². The molecule has 0 fully saturated rings. The molecule has 0 aliphatic heterocycles. The predicted octanol–water partition coefficient (Wildman–Crippen LogP) is 3.35. The number of hydrogen-bond acceptors (Lipinski definition) is 4. The Hall–Kier alpha value is -2.41. The van der Waals surface area contributed by atoms with Crippen LogP contribution in [-0.4, -0.2) is 20.6 Å². The maximum absolute atomic E-state index is 12.4. The Morgan fingerprint density at radius 1 is 1.48 bits per heavy atom. The van der Waals surface area contributed by atoms with Crippen molar-refractivity contribution in [2.75, 3.05) is 0 Å². The first-order chi connectivity index (χ1) is 11.0. The highest BCUT2D eigenvalue weighted by Crippen LogP contribution is 2.24. The van der Waals surface area contributed by atoms with Crippen LogP contribution in [0.4, 0.5) is 5.69 Å². The van der Waals surface area contributed by atoms with Crippen molar-refractivity contribution in [3.63, 3.8) is 0 Å². The number of nitro groups is 1. The second-order valence-corrected chi connectivity index (χ2v) is 5.39. The number of carbonyl (C=O) groups is 1. The third-order valence-corrected chi connectivity index (χ3v) is 3.81. The van der Waals surface area contributed by atoms with E-state index in [0.717, 1.165) is 12.1 Å². The number of nitrogens with zero attached hydrogens (tertiary/aromatic N) is 3. The normalized spacial score (nSPS) is 12.0. The van der Waals surface area contributed by atoms with Crippen LogP contribution < -0.4 is 5.32 Å². The van der Waals surface area contributed by atoms with Crippen LogP contribution in [0.15, 0.2) is 30.6 Å². The van der Waals surface area contributed by atoms with Crippen LogP contribution in [0.5, 0.6) is 0 Å². The summed E-state index contributed by atoms with van der Waals surface area (Å²) in [7, 11) is 0. The van der Waals surface area contributed by atoms with E-state index in [2.05, 4.69) is 10.4 Å². The molecule has 7 nitrogen and oxygen atoms in total. The molecule has 122 valence electrons. The maximum Gasteiger partial charge on any atom is 0.270 e. The molecule has 23 heavy (non-hydrogen) atoms. The number of hydrogen-bond donors (Lipinski definition) is 1. The predicted molar refractivity (Wildman–Crippen MR) is 86.5 cm³/mol. The van der Waals surface area contributed by atoms with Gasteiger partial charge in [-0.2, -0.15) is 5.10 Å². The number of carbonyl (C=O) groups excluding carboxylic acids is 1. The molecule has 0 spiro atoms. The Morgan fingerprint density at radius 2 is 2.22 bits per heavy atom. The summed E-state index contributed by atoms with van der Waals surface area (Å²) in [5, 5.41) is 17.8. The molecule has 0 aliphatic rings. The summed E-state index contributed by atoms with van der Waals surface area (Å²) in [4.78, 5) is 22.5. The number of non-ortho nitro benzene ring substituents is 1. The van der Waals surface area contributed by atoms with Gasteiger partial charge in [-0.05, 0) is 19.4 Å². The quantitative estimate of drug-likeness (QED) is 0.647. The standard InChI is InChI=1S/C15H17ClN4O3/c1-3-14(10-8-17-19(4-2)9-10)18-15(21)12-6-5-11(20(22)23)7-13(12)16/h5-9,14H,3-4H2,1-2H3,(H,18,21)/t14-/m0/s1. The fourth-order valence-corrected chi connectivity index (χ4v) is 2.45. The van der Waals surface area contributed by atoms with Gasteiger partial charge < -0.3 is 5.32 Å². The van der Waals surface area contributed by atoms with E-state index in [1.807, 2.05) is 20.0 Å². The molecule has 0 aliphatic carbocycles. The van der Waals surface area contributed by atoms with Crippen molar-refractivity contribution in [3.05, 3.63) is 56.9 Å². The van der Waals surface area contributed by atoms with E-state index in [9.17, 15) is 14.9 Å². The van der Waals surface area contributed by atoms with Crippen LogP contribution in [0.25, 0.3) is 0 Å². The number of amides is 1. The zero-order chi connectivity index (χ0) is 17.0. The summed E-state index contributed by atoms with van der Waals surface area (Å²) in [6.45, 7) is 4.68. The Balaban J connectivity index is 2.18. The van der Waals surface area contributed by atoms with E-state index in [0.29, 0.717) is 6.42 Å². The van der Waals surface area contributed by atoms with Gasteiger partial charge in [-0.15, -0.1) is 0 Å². The highest BCUT2D eigenvalue weighted by molar-refractivity contribution is 6.34. The van der Waals surface area contributed by atoms with Crippen LogP contribution in [0.2, 0.25) is 5.02 Å². The summed E-state index contributed by atoms with van der Waals surface area (Å²) in [5.41, 5.74) is 0.960. The van der Waals surface area contributed by atoms with Crippen molar-refractivity contribution >= 4 is 23.2 Å². The summed E-state index contributed by atoms with van der Waals surface area (Å²) >= 11 is 5.99. The monoisotopic (exact) mass is 336 g/mol. The Bertz CT molecular complexity index is 729. The molecule has 1 heterocycles. The van der Waals surface area contributed by atoms with Gasteiger partial charge in [0.25, 0.3) is 11.6 Å². The number of nitro benzene ring substituents is 1. The van der Waals surface area contributed by atoms with Gasteiger partial charge in [0.05, 0.1) is 27.7 Å². The fraction of sp³-hybridized carbons (Fsp3) is 0.333. The number of aryl methyl sites for hydroxylation is 1. The molecule has 0 unspecified atom stereocenters. The van der Waals surface area contributed by atoms with Crippen LogP contribution in [0, 0.1) is 10.1 Å². The maximum atomic E-state index is 12.4. The molecule has 2 aromatic rings. The summed E-state index contributed by atoms with van der Waals surface area (Å²) in [5.74, 6) is -0.374. The summed E-state index contributed by atoms with van der Waals surface area (Å²) in [6, 6.07) is 3.59. The Morgan fingerprint density at radius 3 is 2.74 bits per heavy atom. The zero-order valence-corrected chi connectivity index (χ0v) is 13.6. The lowest BCUT2D eigenvalue weighted by Gasteiger charge is -2.16. The lowest BCUT2D eigenvalue weighted by Crippen LogP contribution is -2.28. The molecule has 0 radical (unpaired) electrons. The summed E-state index contributed by atoms with van der Waals surface area (Å²) < 4.78 is 1.78. The van der Waals surface area contributed by atoms with Crippen LogP contribution >= 0.6 is 11.6 Å². The molecular formula is C15H17ClN4O3. The molecule has 0 saturated heterocycles. The fourth-order valence-electron chi connectivity index (χ4n) is 2.19. The number of nitrogens with one attached hydrogen (secondary N) is 1. The van der Waals surface area contributed by atoms with E-state index >= 15 is 0 Å². The summed E-state index contributed by atoms with van der Waals surface area (Å²) in [6.07, 6.45) is 4.28. The van der Waals surface area contributed by atoms with E-state index in [1.165, 1.54) is 18.2 Å². The van der Waals surface area contributed by atoms with E-state index in [1.54, 1.807) is 10.9 Å². The van der Waals surface area contributed by atoms with Crippen molar-refractivity contribution in [1.29, 1.82) is 0 Å². The first-order valence-electron chi connectivity index (χ1n) is 7.23. The topological polar surface area (TPSA) is 90.1 Å². The van der Waals surface area contributed by atoms with Crippen molar-refractivity contribution in [1.82, 2.24) is 15.1 Å². The van der Waals surface area contributed by atoms with Gasteiger partial charge >= 0.3 is 0 Å². The smallest absolute Gasteiger partial charge is 0.270 e. The number of aromatic nitrogens is 2. The van der Waals surface area contributed by atoms with Crippen LogP contribution in [0.1, 0.15) is 42.2 Å². The minimum Gasteiger partial charge on any atom is -0.345 e. The first-order valence-corrected chi connectivity index (χ1v) is 7.61. The highest BCUT2D eigenvalue weighted by atomic mass is 35.5. The Labute approximate surface area is 138 Å². The van der Waals surface area contributed by atoms with Crippen molar-refractivity contribution in [2.24, 2.45) is 0 Å². The van der Waals surface area contributed by atoms with Gasteiger partial charge in [0.1, 0.15) is 0 Å². The molecule has 1 aromatic heterocycles. The molecule has 8 heteroatoms. The van der Waals surface area contributed by atoms with Gasteiger partial charge in [-0.1, -0.05) is 18.5 Å². The van der Waals surface area contributed by atoms with E-state index < -0.39 is 4.92 Å². The molecule has 0 bridgehead atoms. The SMILES string of the molecule is CC[C@H](NC(=O)c1ccc([N+](=O)[O-])cc1Cl)c1cnn(CC)c1. The number of halogens is 1. The molecule has 1 atom stereocenters. The average molecular weight is 337 g/mol. The van der Waals surface area contributed by atoms with Crippen molar-refractivity contribution in [3.8, 4) is 0 Å². The van der Waals surface area contributed by atoms with E-state index in [-0.39, 0.29) is 28.2 Å². The molecular weight excluding hydrogens is 320 g/mol. The minimum absolute atomic E-state index is 0.0517. The lowest BCUT2D eigenvalue weighted by atomic mass is 10.1. The van der Waals surface area contributed by atoms with Crippen molar-refractivity contribution in [2.45, 2.75) is 32.9 Å². The highest BCUT2D eigenvalue weighted by Gasteiger charge is 2.19. The Kier molecular flexibility index (Phi) is 5.33. The van der Waals surface area contributed by atoms with Crippen LogP contribution in [-0.2, 0) is 6.54 Å². The average Bonchev–Trinajstić information content (AvgIpc) is 3.01.